The van der Waals surface area contributed by atoms with Gasteiger partial charge in [0.1, 0.15) is 10.9 Å². The molecule has 0 saturated carbocycles. The highest BCUT2D eigenvalue weighted by molar-refractivity contribution is 7.98. The second-order valence-electron chi connectivity index (χ2n) is 3.29. The van der Waals surface area contributed by atoms with Gasteiger partial charge in [0.2, 0.25) is 0 Å². The molecule has 1 aromatic heterocycles. The van der Waals surface area contributed by atoms with Crippen LogP contribution in [0.25, 0.3) is 11.3 Å². The van der Waals surface area contributed by atoms with Gasteiger partial charge >= 0.3 is 0 Å². The Labute approximate surface area is 109 Å². The Morgan fingerprint density at radius 3 is 2.76 bits per heavy atom. The Kier molecular flexibility index (Phi) is 3.86. The molecule has 0 unspecified atom stereocenters. The van der Waals surface area contributed by atoms with Crippen molar-refractivity contribution in [1.29, 1.82) is 0 Å². The number of aromatic nitrogens is 2. The van der Waals surface area contributed by atoms with Crippen LogP contribution in [0.4, 0.5) is 0 Å². The van der Waals surface area contributed by atoms with E-state index in [9.17, 15) is 0 Å². The van der Waals surface area contributed by atoms with Gasteiger partial charge in [-0.2, -0.15) is 0 Å². The largest absolute Gasteiger partial charge is 0.496 e. The van der Waals surface area contributed by atoms with Crippen LogP contribution in [-0.4, -0.2) is 23.3 Å². The van der Waals surface area contributed by atoms with Crippen LogP contribution in [0.15, 0.2) is 35.5 Å². The molecule has 0 spiro atoms. The third-order valence-corrected chi connectivity index (χ3v) is 3.20. The van der Waals surface area contributed by atoms with Gasteiger partial charge in [0.25, 0.3) is 0 Å². The molecule has 0 saturated heterocycles. The monoisotopic (exact) mass is 266 g/mol. The summed E-state index contributed by atoms with van der Waals surface area (Å²) in [6.45, 7) is 0. The van der Waals surface area contributed by atoms with Crippen molar-refractivity contribution in [3.63, 3.8) is 0 Å². The van der Waals surface area contributed by atoms with E-state index in [2.05, 4.69) is 9.97 Å². The summed E-state index contributed by atoms with van der Waals surface area (Å²) in [5.41, 5.74) is 1.60. The van der Waals surface area contributed by atoms with Gasteiger partial charge in [0, 0.05) is 10.5 Å². The maximum Gasteiger partial charge on any atom is 0.148 e. The van der Waals surface area contributed by atoms with E-state index in [0.29, 0.717) is 10.8 Å². The number of thioether (sulfide) groups is 1. The van der Waals surface area contributed by atoms with Crippen molar-refractivity contribution in [2.24, 2.45) is 0 Å². The standard InChI is InChI=1S/C12H11ClN2OS/c1-16-11-5-8(17-2)3-4-9(11)10-6-14-7-12(13)15-10/h3-7H,1-2H3. The molecule has 0 fully saturated rings. The summed E-state index contributed by atoms with van der Waals surface area (Å²) in [6, 6.07) is 5.96. The van der Waals surface area contributed by atoms with Crippen LogP contribution >= 0.6 is 23.4 Å². The second-order valence-corrected chi connectivity index (χ2v) is 4.56. The number of nitrogens with zero attached hydrogens (tertiary/aromatic N) is 2. The lowest BCUT2D eigenvalue weighted by Crippen LogP contribution is -1.91. The third kappa shape index (κ3) is 2.70. The molecule has 0 radical (unpaired) electrons. The first-order valence-corrected chi connectivity index (χ1v) is 6.55. The van der Waals surface area contributed by atoms with Crippen LogP contribution in [0.1, 0.15) is 0 Å². The number of rotatable bonds is 3. The zero-order valence-electron chi connectivity index (χ0n) is 9.48. The second kappa shape index (κ2) is 5.38. The Morgan fingerprint density at radius 1 is 1.29 bits per heavy atom. The molecule has 2 aromatic rings. The van der Waals surface area contributed by atoms with E-state index >= 15 is 0 Å². The quantitative estimate of drug-likeness (QED) is 0.796. The van der Waals surface area contributed by atoms with Gasteiger partial charge < -0.3 is 4.74 Å². The fourth-order valence-corrected chi connectivity index (χ4v) is 2.06. The van der Waals surface area contributed by atoms with Crippen molar-refractivity contribution in [3.8, 4) is 17.0 Å². The lowest BCUT2D eigenvalue weighted by Gasteiger charge is -2.09. The first-order chi connectivity index (χ1) is 8.24. The Hall–Kier alpha value is -1.26. The molecule has 0 aliphatic rings. The first kappa shape index (κ1) is 12.2. The number of hydrogen-bond donors (Lipinski definition) is 0. The van der Waals surface area contributed by atoms with Crippen LogP contribution in [0.3, 0.4) is 0 Å². The Bertz CT molecular complexity index is 534. The van der Waals surface area contributed by atoms with Gasteiger partial charge in [-0.3, -0.25) is 4.98 Å². The zero-order chi connectivity index (χ0) is 12.3. The molecule has 1 aromatic carbocycles. The predicted octanol–water partition coefficient (Wildman–Crippen LogP) is 3.53. The van der Waals surface area contributed by atoms with Crippen molar-refractivity contribution in [2.75, 3.05) is 13.4 Å². The Morgan fingerprint density at radius 2 is 2.12 bits per heavy atom. The normalized spacial score (nSPS) is 10.3. The molecule has 0 aliphatic heterocycles. The summed E-state index contributed by atoms with van der Waals surface area (Å²) in [7, 11) is 1.64. The van der Waals surface area contributed by atoms with Crippen molar-refractivity contribution in [2.45, 2.75) is 4.90 Å². The number of hydrogen-bond acceptors (Lipinski definition) is 4. The summed E-state index contributed by atoms with van der Waals surface area (Å²) in [5.74, 6) is 0.772. The molecule has 3 nitrogen and oxygen atoms in total. The fraction of sp³-hybridized carbons (Fsp3) is 0.167. The molecule has 0 aliphatic carbocycles. The predicted molar refractivity (Wildman–Crippen MR) is 70.8 cm³/mol. The molecule has 88 valence electrons. The molecule has 17 heavy (non-hydrogen) atoms. The zero-order valence-corrected chi connectivity index (χ0v) is 11.0. The fourth-order valence-electron chi connectivity index (χ4n) is 1.48. The SMILES string of the molecule is COc1cc(SC)ccc1-c1cncc(Cl)n1. The topological polar surface area (TPSA) is 35.0 Å². The van der Waals surface area contributed by atoms with Crippen LogP contribution < -0.4 is 4.74 Å². The van der Waals surface area contributed by atoms with Crippen molar-refractivity contribution >= 4 is 23.4 Å². The van der Waals surface area contributed by atoms with Gasteiger partial charge in [-0.15, -0.1) is 11.8 Å². The maximum atomic E-state index is 5.83. The average Bonchev–Trinajstić information content (AvgIpc) is 2.38. The van der Waals surface area contributed by atoms with E-state index < -0.39 is 0 Å². The molecule has 1 heterocycles. The summed E-state index contributed by atoms with van der Waals surface area (Å²) in [4.78, 5) is 9.39. The minimum absolute atomic E-state index is 0.374. The number of methoxy groups -OCH3 is 1. The van der Waals surface area contributed by atoms with E-state index in [4.69, 9.17) is 16.3 Å². The first-order valence-electron chi connectivity index (χ1n) is 4.94. The number of benzene rings is 1. The highest BCUT2D eigenvalue weighted by atomic mass is 35.5. The lowest BCUT2D eigenvalue weighted by molar-refractivity contribution is 0.415. The minimum Gasteiger partial charge on any atom is -0.496 e. The molecule has 5 heteroatoms. The van der Waals surface area contributed by atoms with E-state index in [0.717, 1.165) is 16.2 Å². The van der Waals surface area contributed by atoms with Crippen LogP contribution in [0.5, 0.6) is 5.75 Å². The van der Waals surface area contributed by atoms with Gasteiger partial charge in [0.15, 0.2) is 0 Å². The lowest BCUT2D eigenvalue weighted by atomic mass is 10.1. The van der Waals surface area contributed by atoms with E-state index in [1.807, 2.05) is 24.5 Å². The Balaban J connectivity index is 2.51. The van der Waals surface area contributed by atoms with E-state index in [1.54, 1.807) is 25.1 Å². The summed E-state index contributed by atoms with van der Waals surface area (Å²) in [5, 5.41) is 0.374. The molecular weight excluding hydrogens is 256 g/mol. The van der Waals surface area contributed by atoms with Crippen LogP contribution in [0.2, 0.25) is 5.15 Å². The third-order valence-electron chi connectivity index (χ3n) is 2.29. The molecule has 0 bridgehead atoms. The highest BCUT2D eigenvalue weighted by Crippen LogP contribution is 2.32. The van der Waals surface area contributed by atoms with Gasteiger partial charge in [-0.1, -0.05) is 11.6 Å². The maximum absolute atomic E-state index is 5.83. The molecule has 2 rings (SSSR count). The van der Waals surface area contributed by atoms with E-state index in [-0.39, 0.29) is 0 Å². The summed E-state index contributed by atoms with van der Waals surface area (Å²) < 4.78 is 5.36. The smallest absolute Gasteiger partial charge is 0.148 e. The summed E-state index contributed by atoms with van der Waals surface area (Å²) >= 11 is 7.49. The summed E-state index contributed by atoms with van der Waals surface area (Å²) in [6.07, 6.45) is 5.20. The van der Waals surface area contributed by atoms with Crippen molar-refractivity contribution < 1.29 is 4.74 Å². The average molecular weight is 267 g/mol. The van der Waals surface area contributed by atoms with Crippen molar-refractivity contribution in [1.82, 2.24) is 9.97 Å². The highest BCUT2D eigenvalue weighted by Gasteiger charge is 2.08. The van der Waals surface area contributed by atoms with Crippen LogP contribution in [0, 0.1) is 0 Å². The van der Waals surface area contributed by atoms with Gasteiger partial charge in [-0.25, -0.2) is 4.98 Å². The number of halogens is 1. The molecule has 0 atom stereocenters. The minimum atomic E-state index is 0.374. The molecule has 0 amide bonds. The number of ether oxygens (including phenoxy) is 1. The molecular formula is C12H11ClN2OS. The van der Waals surface area contributed by atoms with Crippen molar-refractivity contribution in [3.05, 3.63) is 35.7 Å². The van der Waals surface area contributed by atoms with Gasteiger partial charge in [0.05, 0.1) is 25.2 Å². The molecule has 0 N–H and O–H groups in total. The van der Waals surface area contributed by atoms with Crippen LogP contribution in [-0.2, 0) is 0 Å². The van der Waals surface area contributed by atoms with Gasteiger partial charge in [-0.05, 0) is 24.5 Å². The van der Waals surface area contributed by atoms with E-state index in [1.165, 1.54) is 6.20 Å².